The van der Waals surface area contributed by atoms with Gasteiger partial charge in [0.05, 0.1) is 5.56 Å². The Kier molecular flexibility index (Phi) is 8.66. The second-order valence-corrected chi connectivity index (χ2v) is 11.4. The summed E-state index contributed by atoms with van der Waals surface area (Å²) in [6, 6.07) is 28.7. The Labute approximate surface area is 204 Å². The quantitative estimate of drug-likeness (QED) is 0.225. The van der Waals surface area contributed by atoms with Gasteiger partial charge in [-0.2, -0.15) is 0 Å². The molecule has 1 aliphatic rings. The van der Waals surface area contributed by atoms with E-state index in [1.54, 1.807) is 0 Å². The molecule has 1 saturated carbocycles. The molecule has 0 radical (unpaired) electrons. The van der Waals surface area contributed by atoms with Gasteiger partial charge in [-0.05, 0) is 54.6 Å². The number of hydrogen-bond acceptors (Lipinski definition) is 3. The Bertz CT molecular complexity index is 1020. The average Bonchev–Trinajstić information content (AvgIpc) is 2.89. The van der Waals surface area contributed by atoms with E-state index in [1.807, 2.05) is 37.3 Å². The summed E-state index contributed by atoms with van der Waals surface area (Å²) < 4.78 is 6.27. The van der Waals surface area contributed by atoms with Gasteiger partial charge < -0.3 is 9.53 Å². The summed E-state index contributed by atoms with van der Waals surface area (Å²) in [6.45, 7) is 2.04. The molecule has 0 unspecified atom stereocenters. The van der Waals surface area contributed by atoms with Crippen LogP contribution < -0.4 is 15.9 Å². The number of aldehydes is 1. The number of carbonyl (C=O) groups is 2. The molecule has 0 heterocycles. The predicted molar refractivity (Wildman–Crippen MR) is 141 cm³/mol. The van der Waals surface area contributed by atoms with E-state index >= 15 is 0 Å². The third kappa shape index (κ3) is 5.83. The van der Waals surface area contributed by atoms with Crippen LogP contribution in [0.3, 0.4) is 0 Å². The molecule has 0 N–H and O–H groups in total. The Morgan fingerprint density at radius 1 is 0.882 bits per heavy atom. The van der Waals surface area contributed by atoms with E-state index in [9.17, 15) is 9.59 Å². The molecule has 4 heteroatoms. The van der Waals surface area contributed by atoms with Crippen LogP contribution in [-0.2, 0) is 9.53 Å². The lowest BCUT2D eigenvalue weighted by molar-refractivity contribution is -0.110. The van der Waals surface area contributed by atoms with Gasteiger partial charge in [0.2, 0.25) is 0 Å². The maximum absolute atomic E-state index is 13.7. The van der Waals surface area contributed by atoms with Crippen LogP contribution in [0.25, 0.3) is 0 Å². The number of rotatable bonds is 9. The van der Waals surface area contributed by atoms with Crippen molar-refractivity contribution in [3.63, 3.8) is 0 Å². The highest BCUT2D eigenvalue weighted by Gasteiger charge is 2.33. The fourth-order valence-corrected chi connectivity index (χ4v) is 7.47. The number of benzene rings is 3. The van der Waals surface area contributed by atoms with Crippen LogP contribution in [0.5, 0.6) is 0 Å². The van der Waals surface area contributed by atoms with Gasteiger partial charge in [-0.1, -0.05) is 105 Å². The van der Waals surface area contributed by atoms with Crippen LogP contribution >= 0.6 is 7.92 Å². The Morgan fingerprint density at radius 3 is 2.03 bits per heavy atom. The molecule has 3 aromatic rings. The minimum Gasteiger partial charge on any atom is -0.458 e. The molecule has 4 rings (SSSR count). The van der Waals surface area contributed by atoms with Crippen LogP contribution in [0.15, 0.2) is 84.9 Å². The van der Waals surface area contributed by atoms with E-state index in [1.165, 1.54) is 17.0 Å². The third-order valence-corrected chi connectivity index (χ3v) is 9.28. The van der Waals surface area contributed by atoms with Crippen molar-refractivity contribution in [2.24, 2.45) is 11.8 Å². The van der Waals surface area contributed by atoms with Crippen molar-refractivity contribution in [3.8, 4) is 0 Å². The molecule has 176 valence electrons. The number of carbonyl (C=O) groups excluding carboxylic acids is 2. The first-order valence-corrected chi connectivity index (χ1v) is 13.7. The molecule has 0 spiro atoms. The highest BCUT2D eigenvalue weighted by Crippen LogP contribution is 2.36. The second-order valence-electron chi connectivity index (χ2n) is 9.17. The fraction of sp³-hybridized carbons (Fsp3) is 0.333. The van der Waals surface area contributed by atoms with Gasteiger partial charge >= 0.3 is 5.97 Å². The predicted octanol–water partition coefficient (Wildman–Crippen LogP) is 5.78. The van der Waals surface area contributed by atoms with Crippen molar-refractivity contribution >= 4 is 36.1 Å². The van der Waals surface area contributed by atoms with Crippen LogP contribution in [0, 0.1) is 11.8 Å². The number of ether oxygens (including phenoxy) is 1. The van der Waals surface area contributed by atoms with Crippen LogP contribution in [0.4, 0.5) is 0 Å². The van der Waals surface area contributed by atoms with Gasteiger partial charge in [-0.25, -0.2) is 4.79 Å². The highest BCUT2D eigenvalue weighted by atomic mass is 31.1. The summed E-state index contributed by atoms with van der Waals surface area (Å²) in [5, 5.41) is 3.40. The van der Waals surface area contributed by atoms with Gasteiger partial charge in [-0.15, -0.1) is 0 Å². The van der Waals surface area contributed by atoms with Crippen LogP contribution in [-0.4, -0.2) is 18.4 Å². The standard InChI is InChI=1S/C30H33O3P/c1-23(21-22-31)29(24-13-5-2-6-14-24)33-30(32)27-19-11-12-20-28(27)34(25-15-7-3-8-16-25)26-17-9-4-10-18-26/h3-4,7-12,15-20,22-24,29H,2,5-6,13-14,21H2,1H3/t23-,29+/m0/s1. The van der Waals surface area contributed by atoms with E-state index in [4.69, 9.17) is 4.74 Å². The van der Waals surface area contributed by atoms with E-state index in [0.717, 1.165) is 37.3 Å². The van der Waals surface area contributed by atoms with Crippen LogP contribution in [0.2, 0.25) is 0 Å². The smallest absolute Gasteiger partial charge is 0.339 e. The summed E-state index contributed by atoms with van der Waals surface area (Å²) in [5.74, 6) is 0.0642. The molecule has 1 fully saturated rings. The highest BCUT2D eigenvalue weighted by molar-refractivity contribution is 7.80. The van der Waals surface area contributed by atoms with E-state index in [2.05, 4.69) is 54.6 Å². The molecule has 3 aromatic carbocycles. The van der Waals surface area contributed by atoms with Crippen molar-refractivity contribution in [2.45, 2.75) is 51.6 Å². The lowest BCUT2D eigenvalue weighted by Crippen LogP contribution is -2.36. The van der Waals surface area contributed by atoms with Gasteiger partial charge in [0, 0.05) is 6.42 Å². The zero-order chi connectivity index (χ0) is 23.8. The molecule has 1 aliphatic carbocycles. The fourth-order valence-electron chi connectivity index (χ4n) is 5.04. The molecule has 0 aromatic heterocycles. The minimum atomic E-state index is -0.918. The van der Waals surface area contributed by atoms with E-state index < -0.39 is 7.92 Å². The van der Waals surface area contributed by atoms with Gasteiger partial charge in [0.1, 0.15) is 12.4 Å². The molecule has 3 nitrogen and oxygen atoms in total. The average molecular weight is 473 g/mol. The molecule has 2 atom stereocenters. The van der Waals surface area contributed by atoms with Crippen molar-refractivity contribution in [3.05, 3.63) is 90.5 Å². The molecule has 0 amide bonds. The normalized spacial score (nSPS) is 16.1. The topological polar surface area (TPSA) is 43.4 Å². The zero-order valence-corrected chi connectivity index (χ0v) is 20.7. The SMILES string of the molecule is C[C@@H](CC=O)[C@@H](OC(=O)c1ccccc1P(c1ccccc1)c1ccccc1)C1CCCCC1. The first-order valence-electron chi connectivity index (χ1n) is 12.3. The van der Waals surface area contributed by atoms with E-state index in [0.29, 0.717) is 17.9 Å². The summed E-state index contributed by atoms with van der Waals surface area (Å²) in [7, 11) is -0.918. The van der Waals surface area contributed by atoms with Gasteiger partial charge in [0.15, 0.2) is 0 Å². The zero-order valence-electron chi connectivity index (χ0n) is 19.8. The molecular weight excluding hydrogens is 439 g/mol. The summed E-state index contributed by atoms with van der Waals surface area (Å²) in [4.78, 5) is 25.0. The van der Waals surface area contributed by atoms with Crippen molar-refractivity contribution in [1.82, 2.24) is 0 Å². The van der Waals surface area contributed by atoms with Gasteiger partial charge in [0.25, 0.3) is 0 Å². The molecule has 34 heavy (non-hydrogen) atoms. The number of esters is 1. The second kappa shape index (κ2) is 12.1. The van der Waals surface area contributed by atoms with E-state index in [-0.39, 0.29) is 18.0 Å². The Balaban J connectivity index is 1.69. The summed E-state index contributed by atoms with van der Waals surface area (Å²) in [5.41, 5.74) is 0.625. The van der Waals surface area contributed by atoms with Crippen molar-refractivity contribution in [2.75, 3.05) is 0 Å². The molecule has 0 bridgehead atoms. The maximum Gasteiger partial charge on any atom is 0.339 e. The molecular formula is C30H33O3P. The van der Waals surface area contributed by atoms with Crippen molar-refractivity contribution < 1.29 is 14.3 Å². The first-order chi connectivity index (χ1) is 16.7. The summed E-state index contributed by atoms with van der Waals surface area (Å²) in [6.07, 6.45) is 6.81. The largest absolute Gasteiger partial charge is 0.458 e. The maximum atomic E-state index is 13.7. The van der Waals surface area contributed by atoms with Crippen LogP contribution in [0.1, 0.15) is 55.8 Å². The Morgan fingerprint density at radius 2 is 1.44 bits per heavy atom. The summed E-state index contributed by atoms with van der Waals surface area (Å²) >= 11 is 0. The monoisotopic (exact) mass is 472 g/mol. The van der Waals surface area contributed by atoms with Crippen molar-refractivity contribution in [1.29, 1.82) is 0 Å². The Hall–Kier alpha value is -2.77. The lowest BCUT2D eigenvalue weighted by Gasteiger charge is -2.33. The van der Waals surface area contributed by atoms with Gasteiger partial charge in [-0.3, -0.25) is 0 Å². The lowest BCUT2D eigenvalue weighted by atomic mass is 9.80. The first kappa shape index (κ1) is 24.4. The third-order valence-electron chi connectivity index (χ3n) is 6.78. The minimum absolute atomic E-state index is 0.0153. The number of hydrogen-bond donors (Lipinski definition) is 0. The molecule has 0 aliphatic heterocycles. The molecule has 0 saturated heterocycles.